The van der Waals surface area contributed by atoms with Crippen molar-refractivity contribution in [2.24, 2.45) is 0 Å². The van der Waals surface area contributed by atoms with Crippen LogP contribution in [0.15, 0.2) is 60.7 Å². The number of benzene rings is 2. The molecule has 0 saturated heterocycles. The number of para-hydroxylation sites is 1. The third-order valence-electron chi connectivity index (χ3n) is 2.91. The highest BCUT2D eigenvalue weighted by Gasteiger charge is 2.08. The van der Waals surface area contributed by atoms with Crippen molar-refractivity contribution in [3.05, 3.63) is 71.4 Å². The molecule has 0 fully saturated rings. The zero-order valence-electron chi connectivity index (χ0n) is 10.5. The van der Waals surface area contributed by atoms with Crippen molar-refractivity contribution in [3.63, 3.8) is 0 Å². The van der Waals surface area contributed by atoms with Crippen molar-refractivity contribution in [3.8, 4) is 0 Å². The number of carbonyl (C=O) groups is 1. The average Bonchev–Trinajstić information content (AvgIpc) is 2.47. The molecule has 1 aromatic heterocycles. The summed E-state index contributed by atoms with van der Waals surface area (Å²) in [5, 5.41) is 4.36. The van der Waals surface area contributed by atoms with E-state index < -0.39 is 0 Å². The van der Waals surface area contributed by atoms with Gasteiger partial charge in [0.15, 0.2) is 0 Å². The number of anilines is 1. The molecule has 0 atom stereocenters. The molecular formula is C16H11ClN2O. The smallest absolute Gasteiger partial charge is 0.274 e. The molecule has 0 aliphatic rings. The number of rotatable bonds is 2. The zero-order valence-corrected chi connectivity index (χ0v) is 11.3. The highest BCUT2D eigenvalue weighted by molar-refractivity contribution is 6.30. The van der Waals surface area contributed by atoms with Gasteiger partial charge < -0.3 is 5.32 Å². The summed E-state index contributed by atoms with van der Waals surface area (Å²) in [7, 11) is 0. The highest BCUT2D eigenvalue weighted by Crippen LogP contribution is 2.16. The quantitative estimate of drug-likeness (QED) is 0.767. The van der Waals surface area contributed by atoms with Gasteiger partial charge in [-0.05, 0) is 30.3 Å². The minimum atomic E-state index is -0.252. The number of hydrogen-bond acceptors (Lipinski definition) is 2. The summed E-state index contributed by atoms with van der Waals surface area (Å²) >= 11 is 5.89. The molecule has 3 aromatic rings. The Morgan fingerprint density at radius 3 is 2.70 bits per heavy atom. The lowest BCUT2D eigenvalue weighted by Crippen LogP contribution is -2.13. The molecule has 0 spiro atoms. The standard InChI is InChI=1S/C16H11ClN2O/c17-12-5-3-6-13(10-12)18-16(20)15-9-8-11-4-1-2-7-14(11)19-15/h1-10H,(H,18,20). The van der Waals surface area contributed by atoms with Crippen LogP contribution in [0, 0.1) is 0 Å². The van der Waals surface area contributed by atoms with E-state index in [4.69, 9.17) is 11.6 Å². The topological polar surface area (TPSA) is 42.0 Å². The maximum absolute atomic E-state index is 12.2. The SMILES string of the molecule is O=C(Nc1cccc(Cl)c1)c1ccc2ccccc2n1. The number of pyridine rings is 1. The van der Waals surface area contributed by atoms with Crippen LogP contribution in [0.2, 0.25) is 5.02 Å². The van der Waals surface area contributed by atoms with Crippen LogP contribution in [0.5, 0.6) is 0 Å². The third kappa shape index (κ3) is 2.63. The Balaban J connectivity index is 1.88. The first-order chi connectivity index (χ1) is 9.72. The van der Waals surface area contributed by atoms with E-state index in [1.807, 2.05) is 30.3 Å². The lowest BCUT2D eigenvalue weighted by Gasteiger charge is -2.06. The molecule has 3 rings (SSSR count). The lowest BCUT2D eigenvalue weighted by molar-refractivity contribution is 0.102. The summed E-state index contributed by atoms with van der Waals surface area (Å²) in [6.45, 7) is 0. The fourth-order valence-electron chi connectivity index (χ4n) is 1.95. The number of aromatic nitrogens is 1. The average molecular weight is 283 g/mol. The van der Waals surface area contributed by atoms with Crippen LogP contribution in [-0.4, -0.2) is 10.9 Å². The van der Waals surface area contributed by atoms with E-state index >= 15 is 0 Å². The van der Waals surface area contributed by atoms with Crippen LogP contribution in [0.1, 0.15) is 10.5 Å². The Hall–Kier alpha value is -2.39. The Labute approximate surface area is 121 Å². The van der Waals surface area contributed by atoms with Crippen molar-refractivity contribution in [2.75, 3.05) is 5.32 Å². The monoisotopic (exact) mass is 282 g/mol. The number of nitrogens with zero attached hydrogens (tertiary/aromatic N) is 1. The van der Waals surface area contributed by atoms with Gasteiger partial charge in [-0.2, -0.15) is 0 Å². The Morgan fingerprint density at radius 1 is 1.00 bits per heavy atom. The minimum absolute atomic E-state index is 0.252. The number of nitrogens with one attached hydrogen (secondary N) is 1. The molecule has 2 aromatic carbocycles. The van der Waals surface area contributed by atoms with Crippen molar-refractivity contribution in [1.29, 1.82) is 0 Å². The fourth-order valence-corrected chi connectivity index (χ4v) is 2.14. The number of carbonyl (C=O) groups excluding carboxylic acids is 1. The largest absolute Gasteiger partial charge is 0.321 e. The number of hydrogen-bond donors (Lipinski definition) is 1. The number of halogens is 1. The molecule has 1 heterocycles. The second kappa shape index (κ2) is 5.31. The summed E-state index contributed by atoms with van der Waals surface area (Å²) in [4.78, 5) is 16.5. The maximum atomic E-state index is 12.2. The molecule has 0 aliphatic heterocycles. The number of fused-ring (bicyclic) bond motifs is 1. The molecular weight excluding hydrogens is 272 g/mol. The van der Waals surface area contributed by atoms with Crippen LogP contribution >= 0.6 is 11.6 Å². The van der Waals surface area contributed by atoms with E-state index in [2.05, 4.69) is 10.3 Å². The van der Waals surface area contributed by atoms with Gasteiger partial charge in [-0.1, -0.05) is 41.9 Å². The molecule has 0 radical (unpaired) electrons. The van der Waals surface area contributed by atoms with Crippen LogP contribution < -0.4 is 5.32 Å². The molecule has 0 saturated carbocycles. The van der Waals surface area contributed by atoms with Crippen molar-refractivity contribution in [1.82, 2.24) is 4.98 Å². The van der Waals surface area contributed by atoms with E-state index in [0.717, 1.165) is 10.9 Å². The molecule has 20 heavy (non-hydrogen) atoms. The van der Waals surface area contributed by atoms with E-state index in [9.17, 15) is 4.79 Å². The molecule has 0 aliphatic carbocycles. The molecule has 1 amide bonds. The van der Waals surface area contributed by atoms with E-state index in [-0.39, 0.29) is 5.91 Å². The molecule has 4 heteroatoms. The zero-order chi connectivity index (χ0) is 13.9. The molecule has 98 valence electrons. The molecule has 3 nitrogen and oxygen atoms in total. The van der Waals surface area contributed by atoms with Gasteiger partial charge in [-0.3, -0.25) is 4.79 Å². The highest BCUT2D eigenvalue weighted by atomic mass is 35.5. The van der Waals surface area contributed by atoms with Gasteiger partial charge in [0.05, 0.1) is 5.52 Å². The predicted octanol–water partition coefficient (Wildman–Crippen LogP) is 4.14. The molecule has 0 bridgehead atoms. The molecule has 1 N–H and O–H groups in total. The van der Waals surface area contributed by atoms with Crippen molar-refractivity contribution in [2.45, 2.75) is 0 Å². The Bertz CT molecular complexity index is 786. The Morgan fingerprint density at radius 2 is 1.85 bits per heavy atom. The summed E-state index contributed by atoms with van der Waals surface area (Å²) in [5.41, 5.74) is 1.83. The summed E-state index contributed by atoms with van der Waals surface area (Å²) < 4.78 is 0. The van der Waals surface area contributed by atoms with Gasteiger partial charge in [0.2, 0.25) is 0 Å². The van der Waals surface area contributed by atoms with Gasteiger partial charge >= 0.3 is 0 Å². The normalized spacial score (nSPS) is 10.4. The first-order valence-electron chi connectivity index (χ1n) is 6.15. The van der Waals surface area contributed by atoms with E-state index in [1.54, 1.807) is 30.3 Å². The van der Waals surface area contributed by atoms with E-state index in [0.29, 0.717) is 16.4 Å². The van der Waals surface area contributed by atoms with Gasteiger partial charge in [0, 0.05) is 16.1 Å². The lowest BCUT2D eigenvalue weighted by atomic mass is 10.2. The van der Waals surface area contributed by atoms with Crippen LogP contribution in [0.25, 0.3) is 10.9 Å². The second-order valence-electron chi connectivity index (χ2n) is 4.35. The predicted molar refractivity (Wildman–Crippen MR) is 81.1 cm³/mol. The van der Waals surface area contributed by atoms with Gasteiger partial charge in [-0.25, -0.2) is 4.98 Å². The van der Waals surface area contributed by atoms with E-state index in [1.165, 1.54) is 0 Å². The summed E-state index contributed by atoms with van der Waals surface area (Å²) in [6.07, 6.45) is 0. The van der Waals surface area contributed by atoms with Crippen LogP contribution in [0.3, 0.4) is 0 Å². The third-order valence-corrected chi connectivity index (χ3v) is 3.15. The van der Waals surface area contributed by atoms with Gasteiger partial charge in [0.1, 0.15) is 5.69 Å². The number of amides is 1. The van der Waals surface area contributed by atoms with Crippen LogP contribution in [0.4, 0.5) is 5.69 Å². The fraction of sp³-hybridized carbons (Fsp3) is 0. The van der Waals surface area contributed by atoms with Crippen LogP contribution in [-0.2, 0) is 0 Å². The Kier molecular flexibility index (Phi) is 3.35. The summed E-state index contributed by atoms with van der Waals surface area (Å²) in [6, 6.07) is 18.3. The minimum Gasteiger partial charge on any atom is -0.321 e. The molecule has 0 unspecified atom stereocenters. The van der Waals surface area contributed by atoms with Crippen molar-refractivity contribution < 1.29 is 4.79 Å². The first kappa shape index (κ1) is 12.6. The second-order valence-corrected chi connectivity index (χ2v) is 4.79. The summed E-state index contributed by atoms with van der Waals surface area (Å²) in [5.74, 6) is -0.252. The van der Waals surface area contributed by atoms with Gasteiger partial charge in [0.25, 0.3) is 5.91 Å². The maximum Gasteiger partial charge on any atom is 0.274 e. The first-order valence-corrected chi connectivity index (χ1v) is 6.53. The van der Waals surface area contributed by atoms with Gasteiger partial charge in [-0.15, -0.1) is 0 Å². The van der Waals surface area contributed by atoms with Crippen molar-refractivity contribution >= 4 is 34.1 Å².